The number of pyridine rings is 1. The molecular formula is C20H18F3N3O4. The van der Waals surface area contributed by atoms with Gasteiger partial charge in [0.1, 0.15) is 12.4 Å². The van der Waals surface area contributed by atoms with Crippen LogP contribution in [0.25, 0.3) is 0 Å². The molecule has 0 N–H and O–H groups in total. The van der Waals surface area contributed by atoms with Gasteiger partial charge >= 0.3 is 12.3 Å². The summed E-state index contributed by atoms with van der Waals surface area (Å²) >= 11 is 0. The SMILES string of the molecule is Cc1cc(C(F)(F)F)cc(N2C(=O)OCC2C(=O)N(C)c2ccc3c(c2)COC3)n1. The largest absolute Gasteiger partial charge is 0.446 e. The highest BCUT2D eigenvalue weighted by molar-refractivity contribution is 6.05. The standard InChI is InChI=1S/C20H18F3N3O4/c1-11-5-14(20(21,22)23)7-17(24-11)26-16(10-30-19(26)28)18(27)25(2)15-4-3-12-8-29-9-13(12)6-15/h3-7,16H,8-10H2,1-2H3. The number of aromatic nitrogens is 1. The third kappa shape index (κ3) is 3.58. The van der Waals surface area contributed by atoms with Gasteiger partial charge < -0.3 is 14.4 Å². The summed E-state index contributed by atoms with van der Waals surface area (Å²) in [6, 6.07) is 5.90. The van der Waals surface area contributed by atoms with Gasteiger partial charge in [0.15, 0.2) is 6.04 Å². The summed E-state index contributed by atoms with van der Waals surface area (Å²) in [5.74, 6) is -0.782. The number of hydrogen-bond donors (Lipinski definition) is 0. The summed E-state index contributed by atoms with van der Waals surface area (Å²) < 4.78 is 49.9. The van der Waals surface area contributed by atoms with Crippen LogP contribution in [0, 0.1) is 6.92 Å². The fraction of sp³-hybridized carbons (Fsp3) is 0.350. The summed E-state index contributed by atoms with van der Waals surface area (Å²) in [7, 11) is 1.53. The fourth-order valence-corrected chi connectivity index (χ4v) is 3.51. The lowest BCUT2D eigenvalue weighted by molar-refractivity contribution is -0.137. The van der Waals surface area contributed by atoms with E-state index in [-0.39, 0.29) is 18.1 Å². The van der Waals surface area contributed by atoms with Crippen LogP contribution in [0.1, 0.15) is 22.4 Å². The van der Waals surface area contributed by atoms with Crippen LogP contribution >= 0.6 is 0 Å². The number of aryl methyl sites for hydroxylation is 1. The first-order chi connectivity index (χ1) is 14.1. The molecule has 7 nitrogen and oxygen atoms in total. The number of hydrogen-bond acceptors (Lipinski definition) is 5. The van der Waals surface area contributed by atoms with Gasteiger partial charge in [-0.1, -0.05) is 6.07 Å². The molecule has 2 amide bonds. The number of alkyl halides is 3. The Morgan fingerprint density at radius 3 is 2.67 bits per heavy atom. The zero-order chi connectivity index (χ0) is 21.6. The molecule has 2 aliphatic rings. The van der Waals surface area contributed by atoms with Crippen LogP contribution in [0.4, 0.5) is 29.5 Å². The predicted octanol–water partition coefficient (Wildman–Crippen LogP) is 3.43. The average Bonchev–Trinajstić information content (AvgIpc) is 3.31. The molecule has 0 bridgehead atoms. The number of amides is 2. The molecule has 3 heterocycles. The monoisotopic (exact) mass is 421 g/mol. The molecule has 2 aromatic rings. The zero-order valence-electron chi connectivity index (χ0n) is 16.2. The van der Waals surface area contributed by atoms with Gasteiger partial charge in [-0.3, -0.25) is 4.79 Å². The van der Waals surface area contributed by atoms with Crippen LogP contribution in [0.15, 0.2) is 30.3 Å². The van der Waals surface area contributed by atoms with E-state index in [1.165, 1.54) is 18.9 Å². The van der Waals surface area contributed by atoms with Crippen LogP contribution in [0.3, 0.4) is 0 Å². The van der Waals surface area contributed by atoms with Crippen LogP contribution in [0.5, 0.6) is 0 Å². The maximum atomic E-state index is 13.2. The van der Waals surface area contributed by atoms with Crippen molar-refractivity contribution in [3.05, 3.63) is 52.7 Å². The number of carbonyl (C=O) groups is 2. The number of ether oxygens (including phenoxy) is 2. The number of cyclic esters (lactones) is 1. The Kier molecular flexibility index (Phi) is 4.89. The first-order valence-corrected chi connectivity index (χ1v) is 9.14. The molecule has 1 saturated heterocycles. The minimum atomic E-state index is -4.62. The first-order valence-electron chi connectivity index (χ1n) is 9.14. The Bertz CT molecular complexity index is 1020. The molecule has 1 aromatic heterocycles. The molecule has 30 heavy (non-hydrogen) atoms. The van der Waals surface area contributed by atoms with Crippen molar-refractivity contribution >= 4 is 23.5 Å². The first kappa shape index (κ1) is 20.1. The molecule has 1 atom stereocenters. The second-order valence-corrected chi connectivity index (χ2v) is 7.16. The number of fused-ring (bicyclic) bond motifs is 1. The van der Waals surface area contributed by atoms with Crippen LogP contribution < -0.4 is 9.80 Å². The minimum absolute atomic E-state index is 0.0673. The van der Waals surface area contributed by atoms with Gasteiger partial charge in [0.2, 0.25) is 0 Å². The zero-order valence-corrected chi connectivity index (χ0v) is 16.2. The summed E-state index contributed by atoms with van der Waals surface area (Å²) in [5.41, 5.74) is 1.68. The van der Waals surface area contributed by atoms with E-state index in [0.29, 0.717) is 18.9 Å². The van der Waals surface area contributed by atoms with E-state index in [4.69, 9.17) is 9.47 Å². The fourth-order valence-electron chi connectivity index (χ4n) is 3.51. The van der Waals surface area contributed by atoms with Crippen molar-refractivity contribution in [2.45, 2.75) is 32.4 Å². The number of rotatable bonds is 3. The van der Waals surface area contributed by atoms with Gasteiger partial charge in [0.25, 0.3) is 5.91 Å². The van der Waals surface area contributed by atoms with Gasteiger partial charge in [0.05, 0.1) is 18.8 Å². The van der Waals surface area contributed by atoms with Gasteiger partial charge in [-0.05, 0) is 42.3 Å². The maximum absolute atomic E-state index is 13.2. The van der Waals surface area contributed by atoms with Crippen molar-refractivity contribution in [2.75, 3.05) is 23.5 Å². The minimum Gasteiger partial charge on any atom is -0.446 e. The quantitative estimate of drug-likeness (QED) is 0.760. The van der Waals surface area contributed by atoms with E-state index in [0.717, 1.165) is 28.2 Å². The highest BCUT2D eigenvalue weighted by Gasteiger charge is 2.43. The van der Waals surface area contributed by atoms with Gasteiger partial charge in [-0.15, -0.1) is 0 Å². The molecule has 0 saturated carbocycles. The number of carbonyl (C=O) groups excluding carboxylic acids is 2. The predicted molar refractivity (Wildman–Crippen MR) is 99.9 cm³/mol. The Balaban J connectivity index is 1.64. The smallest absolute Gasteiger partial charge is 0.416 e. The Morgan fingerprint density at radius 1 is 1.20 bits per heavy atom. The number of benzene rings is 1. The highest BCUT2D eigenvalue weighted by atomic mass is 19.4. The second kappa shape index (κ2) is 7.28. The molecule has 1 fully saturated rings. The lowest BCUT2D eigenvalue weighted by atomic mass is 10.1. The van der Waals surface area contributed by atoms with Crippen LogP contribution in [-0.2, 0) is 33.7 Å². The van der Waals surface area contributed by atoms with Crippen molar-refractivity contribution in [2.24, 2.45) is 0 Å². The Hall–Kier alpha value is -3.14. The molecule has 0 radical (unpaired) electrons. The van der Waals surface area contributed by atoms with Crippen molar-refractivity contribution in [3.63, 3.8) is 0 Å². The molecule has 10 heteroatoms. The molecule has 4 rings (SSSR count). The Morgan fingerprint density at radius 2 is 1.93 bits per heavy atom. The lowest BCUT2D eigenvalue weighted by Gasteiger charge is -2.26. The molecule has 158 valence electrons. The lowest BCUT2D eigenvalue weighted by Crippen LogP contribution is -2.47. The van der Waals surface area contributed by atoms with Crippen molar-refractivity contribution in [1.29, 1.82) is 0 Å². The summed E-state index contributed by atoms with van der Waals surface area (Å²) in [5, 5.41) is 0. The van der Waals surface area contributed by atoms with E-state index in [9.17, 15) is 22.8 Å². The average molecular weight is 421 g/mol. The molecule has 0 spiro atoms. The van der Waals surface area contributed by atoms with Crippen molar-refractivity contribution in [1.82, 2.24) is 4.98 Å². The second-order valence-electron chi connectivity index (χ2n) is 7.16. The van der Waals surface area contributed by atoms with Crippen LogP contribution in [0.2, 0.25) is 0 Å². The topological polar surface area (TPSA) is 72.0 Å². The molecule has 0 aliphatic carbocycles. The number of halogens is 3. The molecule has 1 aromatic carbocycles. The third-order valence-electron chi connectivity index (χ3n) is 5.10. The van der Waals surface area contributed by atoms with E-state index in [1.54, 1.807) is 6.07 Å². The molecule has 2 aliphatic heterocycles. The normalized spacial score (nSPS) is 18.4. The third-order valence-corrected chi connectivity index (χ3v) is 5.10. The molecular weight excluding hydrogens is 403 g/mol. The summed E-state index contributed by atoms with van der Waals surface area (Å²) in [6.45, 7) is 2.05. The van der Waals surface area contributed by atoms with E-state index in [1.807, 2.05) is 12.1 Å². The van der Waals surface area contributed by atoms with E-state index >= 15 is 0 Å². The number of nitrogens with zero attached hydrogens (tertiary/aromatic N) is 3. The Labute approximate surface area is 170 Å². The van der Waals surface area contributed by atoms with Gasteiger partial charge in [0, 0.05) is 18.4 Å². The molecule has 1 unspecified atom stereocenters. The van der Waals surface area contributed by atoms with E-state index < -0.39 is 29.8 Å². The number of anilines is 2. The number of likely N-dealkylation sites (N-methyl/N-ethyl adjacent to an activating group) is 1. The highest BCUT2D eigenvalue weighted by Crippen LogP contribution is 2.33. The summed E-state index contributed by atoms with van der Waals surface area (Å²) in [6.07, 6.45) is -5.54. The van der Waals surface area contributed by atoms with Crippen LogP contribution in [-0.4, -0.2) is 36.7 Å². The van der Waals surface area contributed by atoms with Gasteiger partial charge in [-0.25, -0.2) is 14.7 Å². The van der Waals surface area contributed by atoms with Crippen molar-refractivity contribution < 1.29 is 32.2 Å². The van der Waals surface area contributed by atoms with Crippen molar-refractivity contribution in [3.8, 4) is 0 Å². The maximum Gasteiger partial charge on any atom is 0.416 e. The van der Waals surface area contributed by atoms with E-state index in [2.05, 4.69) is 4.98 Å². The summed E-state index contributed by atoms with van der Waals surface area (Å²) in [4.78, 5) is 31.6. The van der Waals surface area contributed by atoms with Gasteiger partial charge in [-0.2, -0.15) is 13.2 Å².